The molecule has 21 heavy (non-hydrogen) atoms. The highest BCUT2D eigenvalue weighted by molar-refractivity contribution is 7.19. The standard InChI is InChI=1S/C17H12ClNS2/c18-12(16-9-11-5-1-3-7-14(11)20-16)10-17-19-13-6-2-4-8-15(13)21-17/h1-9,12H,10H2. The zero-order valence-electron chi connectivity index (χ0n) is 11.1. The fourth-order valence-electron chi connectivity index (χ4n) is 2.42. The smallest absolute Gasteiger partial charge is 0.0957 e. The highest BCUT2D eigenvalue weighted by Crippen LogP contribution is 2.36. The monoisotopic (exact) mass is 329 g/mol. The Morgan fingerprint density at radius 1 is 0.952 bits per heavy atom. The van der Waals surface area contributed by atoms with Gasteiger partial charge in [0, 0.05) is 16.0 Å². The van der Waals surface area contributed by atoms with E-state index in [4.69, 9.17) is 11.6 Å². The van der Waals surface area contributed by atoms with Crippen molar-refractivity contribution in [2.24, 2.45) is 0 Å². The largest absolute Gasteiger partial charge is 0.241 e. The minimum Gasteiger partial charge on any atom is -0.241 e. The van der Waals surface area contributed by atoms with Gasteiger partial charge in [0.05, 0.1) is 20.6 Å². The van der Waals surface area contributed by atoms with Crippen LogP contribution in [0.1, 0.15) is 15.3 Å². The van der Waals surface area contributed by atoms with E-state index in [1.807, 2.05) is 6.07 Å². The van der Waals surface area contributed by atoms with Gasteiger partial charge < -0.3 is 0 Å². The number of benzene rings is 2. The molecule has 0 bridgehead atoms. The van der Waals surface area contributed by atoms with Crippen molar-refractivity contribution in [2.45, 2.75) is 11.8 Å². The fraction of sp³-hybridized carbons (Fsp3) is 0.118. The maximum atomic E-state index is 6.62. The highest BCUT2D eigenvalue weighted by Gasteiger charge is 2.15. The quantitative estimate of drug-likeness (QED) is 0.418. The third-order valence-electron chi connectivity index (χ3n) is 3.45. The molecule has 0 aliphatic carbocycles. The summed E-state index contributed by atoms with van der Waals surface area (Å²) in [4.78, 5) is 5.89. The summed E-state index contributed by atoms with van der Waals surface area (Å²) in [5.41, 5.74) is 1.07. The van der Waals surface area contributed by atoms with E-state index in [0.29, 0.717) is 0 Å². The van der Waals surface area contributed by atoms with Crippen LogP contribution in [0.5, 0.6) is 0 Å². The van der Waals surface area contributed by atoms with Crippen molar-refractivity contribution in [3.05, 3.63) is 64.5 Å². The second kappa shape index (κ2) is 5.41. The predicted octanol–water partition coefficient (Wildman–Crippen LogP) is 6.03. The Morgan fingerprint density at radius 3 is 2.52 bits per heavy atom. The van der Waals surface area contributed by atoms with Crippen molar-refractivity contribution < 1.29 is 0 Å². The van der Waals surface area contributed by atoms with Crippen molar-refractivity contribution in [1.82, 2.24) is 4.98 Å². The van der Waals surface area contributed by atoms with E-state index < -0.39 is 0 Å². The van der Waals surface area contributed by atoms with Crippen molar-refractivity contribution in [1.29, 1.82) is 0 Å². The summed E-state index contributed by atoms with van der Waals surface area (Å²) in [5, 5.41) is 2.36. The van der Waals surface area contributed by atoms with Crippen molar-refractivity contribution in [3.8, 4) is 0 Å². The van der Waals surface area contributed by atoms with E-state index in [2.05, 4.69) is 53.5 Å². The molecule has 0 saturated heterocycles. The van der Waals surface area contributed by atoms with Crippen molar-refractivity contribution >= 4 is 54.6 Å². The number of para-hydroxylation sites is 1. The third-order valence-corrected chi connectivity index (χ3v) is 6.25. The van der Waals surface area contributed by atoms with Gasteiger partial charge >= 0.3 is 0 Å². The van der Waals surface area contributed by atoms with Crippen LogP contribution in [0.3, 0.4) is 0 Å². The van der Waals surface area contributed by atoms with Crippen LogP contribution < -0.4 is 0 Å². The van der Waals surface area contributed by atoms with E-state index >= 15 is 0 Å². The molecule has 0 radical (unpaired) electrons. The molecule has 4 rings (SSSR count). The van der Waals surface area contributed by atoms with Gasteiger partial charge in [0.15, 0.2) is 0 Å². The minimum atomic E-state index is -0.0111. The van der Waals surface area contributed by atoms with Gasteiger partial charge in [-0.3, -0.25) is 0 Å². The molecule has 4 heteroatoms. The third kappa shape index (κ3) is 2.57. The average Bonchev–Trinajstić information content (AvgIpc) is 3.10. The number of halogens is 1. The molecule has 2 aromatic carbocycles. The number of nitrogens with zero attached hydrogens (tertiary/aromatic N) is 1. The zero-order chi connectivity index (χ0) is 14.2. The number of thiophene rings is 1. The molecule has 0 N–H and O–H groups in total. The predicted molar refractivity (Wildman–Crippen MR) is 93.7 cm³/mol. The molecule has 4 aromatic rings. The van der Waals surface area contributed by atoms with Gasteiger partial charge in [-0.05, 0) is 29.7 Å². The molecule has 0 aliphatic rings. The van der Waals surface area contributed by atoms with E-state index in [0.717, 1.165) is 16.9 Å². The van der Waals surface area contributed by atoms with Gasteiger partial charge in [0.2, 0.25) is 0 Å². The lowest BCUT2D eigenvalue weighted by molar-refractivity contribution is 0.930. The maximum absolute atomic E-state index is 6.62. The summed E-state index contributed by atoms with van der Waals surface area (Å²) in [6.45, 7) is 0. The van der Waals surface area contributed by atoms with E-state index in [-0.39, 0.29) is 5.38 Å². The van der Waals surface area contributed by atoms with Crippen LogP contribution in [0.4, 0.5) is 0 Å². The van der Waals surface area contributed by atoms with Gasteiger partial charge in [-0.25, -0.2) is 4.98 Å². The van der Waals surface area contributed by atoms with Crippen LogP contribution in [0.25, 0.3) is 20.3 Å². The molecule has 0 fully saturated rings. The van der Waals surface area contributed by atoms with Crippen LogP contribution >= 0.6 is 34.3 Å². The number of fused-ring (bicyclic) bond motifs is 2. The van der Waals surface area contributed by atoms with Gasteiger partial charge in [-0.1, -0.05) is 30.3 Å². The molecule has 2 aromatic heterocycles. The topological polar surface area (TPSA) is 12.9 Å². The molecular formula is C17H12ClNS2. The lowest BCUT2D eigenvalue weighted by atomic mass is 10.2. The SMILES string of the molecule is ClC(Cc1nc2ccccc2s1)c1cc2ccccc2s1. The summed E-state index contributed by atoms with van der Waals surface area (Å²) in [7, 11) is 0. The van der Waals surface area contributed by atoms with E-state index in [1.54, 1.807) is 22.7 Å². The summed E-state index contributed by atoms with van der Waals surface area (Å²) < 4.78 is 2.52. The maximum Gasteiger partial charge on any atom is 0.0957 e. The summed E-state index contributed by atoms with van der Waals surface area (Å²) >= 11 is 10.1. The Bertz CT molecular complexity index is 843. The molecule has 1 nitrogen and oxygen atoms in total. The Labute approximate surface area is 135 Å². The fourth-order valence-corrected chi connectivity index (χ4v) is 4.91. The highest BCUT2D eigenvalue weighted by atomic mass is 35.5. The molecule has 0 aliphatic heterocycles. The van der Waals surface area contributed by atoms with Crippen molar-refractivity contribution in [2.75, 3.05) is 0 Å². The molecule has 0 saturated carbocycles. The van der Waals surface area contributed by atoms with Crippen LogP contribution in [0.2, 0.25) is 0 Å². The number of hydrogen-bond acceptors (Lipinski definition) is 3. The summed E-state index contributed by atoms with van der Waals surface area (Å²) in [5.74, 6) is 0. The summed E-state index contributed by atoms with van der Waals surface area (Å²) in [6, 6.07) is 18.9. The van der Waals surface area contributed by atoms with E-state index in [1.165, 1.54) is 19.7 Å². The number of thiazole rings is 1. The Hall–Kier alpha value is -1.42. The first kappa shape index (κ1) is 13.3. The number of hydrogen-bond donors (Lipinski definition) is 0. The Balaban J connectivity index is 1.63. The minimum absolute atomic E-state index is 0.0111. The van der Waals surface area contributed by atoms with Gasteiger partial charge in [0.25, 0.3) is 0 Å². The Morgan fingerprint density at radius 2 is 1.71 bits per heavy atom. The first-order valence-electron chi connectivity index (χ1n) is 6.76. The normalized spacial score (nSPS) is 13.0. The molecule has 1 atom stereocenters. The number of aromatic nitrogens is 1. The zero-order valence-corrected chi connectivity index (χ0v) is 13.5. The molecule has 1 unspecified atom stereocenters. The van der Waals surface area contributed by atoms with Crippen LogP contribution in [0.15, 0.2) is 54.6 Å². The van der Waals surface area contributed by atoms with Gasteiger partial charge in [-0.2, -0.15) is 0 Å². The van der Waals surface area contributed by atoms with Crippen LogP contribution in [-0.2, 0) is 6.42 Å². The van der Waals surface area contributed by atoms with Crippen LogP contribution in [0, 0.1) is 0 Å². The lowest BCUT2D eigenvalue weighted by Gasteiger charge is -2.03. The second-order valence-electron chi connectivity index (χ2n) is 4.93. The second-order valence-corrected chi connectivity index (χ2v) is 7.69. The number of alkyl halides is 1. The molecule has 0 spiro atoms. The van der Waals surface area contributed by atoms with Crippen LogP contribution in [-0.4, -0.2) is 4.98 Å². The molecule has 0 amide bonds. The Kier molecular flexibility index (Phi) is 3.42. The summed E-state index contributed by atoms with van der Waals surface area (Å²) in [6.07, 6.45) is 0.785. The average molecular weight is 330 g/mol. The molecule has 104 valence electrons. The van der Waals surface area contributed by atoms with Gasteiger partial charge in [-0.15, -0.1) is 34.3 Å². The first-order valence-corrected chi connectivity index (χ1v) is 8.83. The van der Waals surface area contributed by atoms with Crippen molar-refractivity contribution in [3.63, 3.8) is 0 Å². The lowest BCUT2D eigenvalue weighted by Crippen LogP contribution is -1.92. The molecular weight excluding hydrogens is 318 g/mol. The first-order chi connectivity index (χ1) is 10.3. The van der Waals surface area contributed by atoms with Gasteiger partial charge in [0.1, 0.15) is 0 Å². The van der Waals surface area contributed by atoms with E-state index in [9.17, 15) is 0 Å². The number of rotatable bonds is 3. The molecule has 2 heterocycles.